The second kappa shape index (κ2) is 6.11. The molecule has 0 heterocycles. The fourth-order valence-electron chi connectivity index (χ4n) is 2.50. The van der Waals surface area contributed by atoms with Crippen molar-refractivity contribution >= 4 is 5.97 Å². The summed E-state index contributed by atoms with van der Waals surface area (Å²) >= 11 is 0. The van der Waals surface area contributed by atoms with E-state index in [0.29, 0.717) is 6.04 Å². The molecule has 1 aliphatic carbocycles. The summed E-state index contributed by atoms with van der Waals surface area (Å²) in [7, 11) is 0. The van der Waals surface area contributed by atoms with Crippen molar-refractivity contribution in [3.05, 3.63) is 0 Å². The average molecular weight is 213 g/mol. The molecule has 0 aromatic rings. The molecule has 88 valence electrons. The van der Waals surface area contributed by atoms with Crippen LogP contribution in [0.15, 0.2) is 0 Å². The zero-order chi connectivity index (χ0) is 11.3. The van der Waals surface area contributed by atoms with Gasteiger partial charge in [-0.1, -0.05) is 13.8 Å². The Kier molecular flexibility index (Phi) is 5.09. The summed E-state index contributed by atoms with van der Waals surface area (Å²) < 4.78 is 0. The van der Waals surface area contributed by atoms with E-state index in [0.717, 1.165) is 24.8 Å². The van der Waals surface area contributed by atoms with Crippen molar-refractivity contribution in [2.45, 2.75) is 52.0 Å². The topological polar surface area (TPSA) is 49.3 Å². The molecule has 15 heavy (non-hydrogen) atoms. The van der Waals surface area contributed by atoms with Gasteiger partial charge in [0, 0.05) is 12.5 Å². The fourth-order valence-corrected chi connectivity index (χ4v) is 2.50. The average Bonchev–Trinajstić information content (AvgIpc) is 2.14. The van der Waals surface area contributed by atoms with Gasteiger partial charge in [-0.2, -0.15) is 0 Å². The fraction of sp³-hybridized carbons (Fsp3) is 0.917. The molecule has 0 amide bonds. The predicted octanol–water partition coefficient (Wildman–Crippen LogP) is 2.27. The molecule has 0 aliphatic heterocycles. The van der Waals surface area contributed by atoms with Gasteiger partial charge in [0.15, 0.2) is 0 Å². The maximum absolute atomic E-state index is 10.3. The molecule has 0 aromatic heterocycles. The molecule has 0 saturated heterocycles. The van der Waals surface area contributed by atoms with Crippen LogP contribution in [0.1, 0.15) is 46.0 Å². The summed E-state index contributed by atoms with van der Waals surface area (Å²) in [4.78, 5) is 10.3. The molecule has 3 nitrogen and oxygen atoms in total. The Morgan fingerprint density at radius 3 is 2.73 bits per heavy atom. The van der Waals surface area contributed by atoms with Crippen molar-refractivity contribution in [3.63, 3.8) is 0 Å². The second-order valence-electron chi connectivity index (χ2n) is 4.95. The Morgan fingerprint density at radius 1 is 1.40 bits per heavy atom. The van der Waals surface area contributed by atoms with Crippen LogP contribution in [0.25, 0.3) is 0 Å². The van der Waals surface area contributed by atoms with E-state index in [1.807, 2.05) is 0 Å². The highest BCUT2D eigenvalue weighted by atomic mass is 16.4. The van der Waals surface area contributed by atoms with Crippen molar-refractivity contribution in [3.8, 4) is 0 Å². The lowest BCUT2D eigenvalue weighted by Gasteiger charge is -2.33. The van der Waals surface area contributed by atoms with Crippen molar-refractivity contribution < 1.29 is 9.90 Å². The van der Waals surface area contributed by atoms with E-state index in [9.17, 15) is 4.79 Å². The van der Waals surface area contributed by atoms with Crippen LogP contribution in [0.3, 0.4) is 0 Å². The SMILES string of the molecule is CC1CCC(NCCCC(=O)O)C(C)C1. The normalized spacial score (nSPS) is 31.5. The van der Waals surface area contributed by atoms with Crippen molar-refractivity contribution in [2.24, 2.45) is 11.8 Å². The van der Waals surface area contributed by atoms with Crippen molar-refractivity contribution in [2.75, 3.05) is 6.54 Å². The third-order valence-electron chi connectivity index (χ3n) is 3.41. The zero-order valence-corrected chi connectivity index (χ0v) is 9.83. The minimum absolute atomic E-state index is 0.282. The zero-order valence-electron chi connectivity index (χ0n) is 9.83. The number of carboxylic acid groups (broad SMARTS) is 1. The third kappa shape index (κ3) is 4.65. The van der Waals surface area contributed by atoms with Crippen molar-refractivity contribution in [1.82, 2.24) is 5.32 Å². The first kappa shape index (κ1) is 12.5. The molecule has 1 saturated carbocycles. The van der Waals surface area contributed by atoms with Crippen LogP contribution in [0.2, 0.25) is 0 Å². The second-order valence-corrected chi connectivity index (χ2v) is 4.95. The molecular weight excluding hydrogens is 190 g/mol. The minimum atomic E-state index is -0.692. The highest BCUT2D eigenvalue weighted by Gasteiger charge is 2.24. The number of hydrogen-bond donors (Lipinski definition) is 2. The van der Waals surface area contributed by atoms with E-state index >= 15 is 0 Å². The third-order valence-corrected chi connectivity index (χ3v) is 3.41. The number of hydrogen-bond acceptors (Lipinski definition) is 2. The number of aliphatic carboxylic acids is 1. The Bertz CT molecular complexity index is 206. The van der Waals surface area contributed by atoms with Crippen LogP contribution >= 0.6 is 0 Å². The van der Waals surface area contributed by atoms with Gasteiger partial charge in [-0.3, -0.25) is 4.79 Å². The molecule has 0 aromatic carbocycles. The van der Waals surface area contributed by atoms with Gasteiger partial charge in [-0.15, -0.1) is 0 Å². The lowest BCUT2D eigenvalue weighted by molar-refractivity contribution is -0.137. The molecule has 0 bridgehead atoms. The first-order valence-electron chi connectivity index (χ1n) is 6.04. The maximum atomic E-state index is 10.3. The summed E-state index contributed by atoms with van der Waals surface area (Å²) in [6, 6.07) is 0.606. The molecule has 3 atom stereocenters. The van der Waals surface area contributed by atoms with Crippen LogP contribution in [0.5, 0.6) is 0 Å². The molecule has 1 aliphatic rings. The molecule has 1 fully saturated rings. The highest BCUT2D eigenvalue weighted by Crippen LogP contribution is 2.28. The summed E-state index contributed by atoms with van der Waals surface area (Å²) in [5, 5.41) is 12.0. The Morgan fingerprint density at radius 2 is 2.13 bits per heavy atom. The number of nitrogens with one attached hydrogen (secondary N) is 1. The van der Waals surface area contributed by atoms with Crippen LogP contribution in [0, 0.1) is 11.8 Å². The van der Waals surface area contributed by atoms with Gasteiger partial charge in [0.25, 0.3) is 0 Å². The Balaban J connectivity index is 2.13. The van der Waals surface area contributed by atoms with E-state index in [2.05, 4.69) is 19.2 Å². The van der Waals surface area contributed by atoms with Gasteiger partial charge in [-0.05, 0) is 44.1 Å². The molecule has 2 N–H and O–H groups in total. The highest BCUT2D eigenvalue weighted by molar-refractivity contribution is 5.66. The van der Waals surface area contributed by atoms with Gasteiger partial charge in [-0.25, -0.2) is 0 Å². The monoisotopic (exact) mass is 213 g/mol. The van der Waals surface area contributed by atoms with E-state index in [1.165, 1.54) is 19.3 Å². The number of carboxylic acids is 1. The lowest BCUT2D eigenvalue weighted by atomic mass is 9.80. The molecule has 1 rings (SSSR count). The van der Waals surface area contributed by atoms with Gasteiger partial charge < -0.3 is 10.4 Å². The van der Waals surface area contributed by atoms with E-state index < -0.39 is 5.97 Å². The smallest absolute Gasteiger partial charge is 0.303 e. The maximum Gasteiger partial charge on any atom is 0.303 e. The minimum Gasteiger partial charge on any atom is -0.481 e. The van der Waals surface area contributed by atoms with Gasteiger partial charge >= 0.3 is 5.97 Å². The largest absolute Gasteiger partial charge is 0.481 e. The van der Waals surface area contributed by atoms with Gasteiger partial charge in [0.2, 0.25) is 0 Å². The number of rotatable bonds is 5. The molecule has 0 spiro atoms. The van der Waals surface area contributed by atoms with Crippen LogP contribution in [0.4, 0.5) is 0 Å². The summed E-state index contributed by atoms with van der Waals surface area (Å²) in [5.41, 5.74) is 0. The Hall–Kier alpha value is -0.570. The molecular formula is C12H23NO2. The van der Waals surface area contributed by atoms with E-state index in [-0.39, 0.29) is 6.42 Å². The van der Waals surface area contributed by atoms with Crippen LogP contribution < -0.4 is 5.32 Å². The Labute approximate surface area is 92.3 Å². The van der Waals surface area contributed by atoms with E-state index in [1.54, 1.807) is 0 Å². The lowest BCUT2D eigenvalue weighted by Crippen LogP contribution is -2.39. The first-order valence-corrected chi connectivity index (χ1v) is 6.04. The molecule has 3 heteroatoms. The first-order chi connectivity index (χ1) is 7.09. The van der Waals surface area contributed by atoms with Crippen LogP contribution in [-0.2, 0) is 4.79 Å². The summed E-state index contributed by atoms with van der Waals surface area (Å²) in [5.74, 6) is 0.901. The summed E-state index contributed by atoms with van der Waals surface area (Å²) in [6.45, 7) is 5.46. The predicted molar refractivity (Wildman–Crippen MR) is 60.8 cm³/mol. The van der Waals surface area contributed by atoms with Gasteiger partial charge in [0.1, 0.15) is 0 Å². The summed E-state index contributed by atoms with van der Waals surface area (Å²) in [6.07, 6.45) is 4.88. The molecule has 3 unspecified atom stereocenters. The van der Waals surface area contributed by atoms with E-state index in [4.69, 9.17) is 5.11 Å². The van der Waals surface area contributed by atoms with Gasteiger partial charge in [0.05, 0.1) is 0 Å². The van der Waals surface area contributed by atoms with Crippen LogP contribution in [-0.4, -0.2) is 23.7 Å². The quantitative estimate of drug-likeness (QED) is 0.689. The van der Waals surface area contributed by atoms with Crippen molar-refractivity contribution in [1.29, 1.82) is 0 Å². The molecule has 0 radical (unpaired) electrons. The number of carbonyl (C=O) groups is 1. The standard InChI is InChI=1S/C12H23NO2/c1-9-5-6-11(10(2)8-9)13-7-3-4-12(14)15/h9-11,13H,3-8H2,1-2H3,(H,14,15).